The number of carbonyl (C=O) groups is 1. The molecule has 3 nitrogen and oxygen atoms in total. The number of ketones is 1. The number of rotatable bonds is 2. The van der Waals surface area contributed by atoms with Gasteiger partial charge < -0.3 is 9.52 Å². The van der Waals surface area contributed by atoms with Gasteiger partial charge in [-0.1, -0.05) is 0 Å². The predicted octanol–water partition coefficient (Wildman–Crippen LogP) is 2.47. The third-order valence-electron chi connectivity index (χ3n) is 1.70. The van der Waals surface area contributed by atoms with Crippen LogP contribution in [-0.4, -0.2) is 10.9 Å². The molecule has 0 atom stereocenters. The quantitative estimate of drug-likeness (QED) is 0.561. The molecule has 3 heteroatoms. The fourth-order valence-corrected chi connectivity index (χ4v) is 1.18. The van der Waals surface area contributed by atoms with Crippen molar-refractivity contribution >= 4 is 11.4 Å². The van der Waals surface area contributed by atoms with Gasteiger partial charge in [-0.15, -0.1) is 0 Å². The van der Waals surface area contributed by atoms with Gasteiger partial charge in [0, 0.05) is 0 Å². The van der Waals surface area contributed by atoms with E-state index < -0.39 is 0 Å². The molecule has 0 bridgehead atoms. The van der Waals surface area contributed by atoms with Crippen molar-refractivity contribution in [2.75, 3.05) is 0 Å². The SMILES string of the molecule is CC(=O)/C(=C(/C)O)c1ccc(C)o1. The van der Waals surface area contributed by atoms with Crippen LogP contribution in [0.2, 0.25) is 0 Å². The van der Waals surface area contributed by atoms with Gasteiger partial charge in [0.15, 0.2) is 5.78 Å². The lowest BCUT2D eigenvalue weighted by molar-refractivity contribution is -0.112. The molecule has 1 heterocycles. The molecule has 0 saturated heterocycles. The molecular formula is C10H12O3. The first-order valence-corrected chi connectivity index (χ1v) is 4.00. The van der Waals surface area contributed by atoms with E-state index in [1.54, 1.807) is 19.1 Å². The number of aryl methyl sites for hydroxylation is 1. The monoisotopic (exact) mass is 180 g/mol. The van der Waals surface area contributed by atoms with E-state index in [0.29, 0.717) is 5.76 Å². The number of furan rings is 1. The number of hydrogen-bond acceptors (Lipinski definition) is 3. The highest BCUT2D eigenvalue weighted by Crippen LogP contribution is 2.20. The van der Waals surface area contributed by atoms with E-state index in [4.69, 9.17) is 4.42 Å². The van der Waals surface area contributed by atoms with Crippen LogP contribution in [0, 0.1) is 6.92 Å². The molecule has 0 aliphatic rings. The zero-order chi connectivity index (χ0) is 10.0. The number of allylic oxidation sites excluding steroid dienone is 2. The molecule has 1 N–H and O–H groups in total. The van der Waals surface area contributed by atoms with Gasteiger partial charge in [-0.05, 0) is 32.9 Å². The molecule has 0 radical (unpaired) electrons. The summed E-state index contributed by atoms with van der Waals surface area (Å²) < 4.78 is 5.23. The minimum atomic E-state index is -0.200. The largest absolute Gasteiger partial charge is 0.512 e. The summed E-state index contributed by atoms with van der Waals surface area (Å²) in [5, 5.41) is 9.24. The average Bonchev–Trinajstić information content (AvgIpc) is 2.34. The van der Waals surface area contributed by atoms with Gasteiger partial charge in [-0.25, -0.2) is 0 Å². The van der Waals surface area contributed by atoms with Crippen molar-refractivity contribution in [3.63, 3.8) is 0 Å². The van der Waals surface area contributed by atoms with Gasteiger partial charge in [0.05, 0.1) is 5.57 Å². The molecule has 0 saturated carbocycles. The Kier molecular flexibility index (Phi) is 2.56. The third-order valence-corrected chi connectivity index (χ3v) is 1.70. The lowest BCUT2D eigenvalue weighted by Gasteiger charge is -2.00. The molecule has 1 rings (SSSR count). The molecule has 1 aromatic heterocycles. The molecule has 0 spiro atoms. The number of hydrogen-bond donors (Lipinski definition) is 1. The molecule has 70 valence electrons. The zero-order valence-electron chi connectivity index (χ0n) is 7.92. The highest BCUT2D eigenvalue weighted by Gasteiger charge is 2.14. The summed E-state index contributed by atoms with van der Waals surface area (Å²) in [6, 6.07) is 3.42. The smallest absolute Gasteiger partial charge is 0.166 e. The maximum Gasteiger partial charge on any atom is 0.166 e. The molecule has 0 aliphatic heterocycles. The molecule has 13 heavy (non-hydrogen) atoms. The van der Waals surface area contributed by atoms with Crippen LogP contribution in [0.5, 0.6) is 0 Å². The Morgan fingerprint density at radius 2 is 2.00 bits per heavy atom. The van der Waals surface area contributed by atoms with Gasteiger partial charge in [0.2, 0.25) is 0 Å². The molecule has 0 amide bonds. The van der Waals surface area contributed by atoms with Crippen LogP contribution in [0.15, 0.2) is 22.3 Å². The van der Waals surface area contributed by atoms with Gasteiger partial charge in [0.25, 0.3) is 0 Å². The van der Waals surface area contributed by atoms with E-state index >= 15 is 0 Å². The lowest BCUT2D eigenvalue weighted by Crippen LogP contribution is -1.97. The minimum Gasteiger partial charge on any atom is -0.512 e. The second-order valence-electron chi connectivity index (χ2n) is 2.93. The van der Waals surface area contributed by atoms with Crippen LogP contribution in [0.1, 0.15) is 25.4 Å². The summed E-state index contributed by atoms with van der Waals surface area (Å²) in [5.41, 5.74) is 0.244. The summed E-state index contributed by atoms with van der Waals surface area (Å²) in [7, 11) is 0. The molecule has 0 unspecified atom stereocenters. The van der Waals surface area contributed by atoms with E-state index in [1.165, 1.54) is 13.8 Å². The third kappa shape index (κ3) is 1.99. The lowest BCUT2D eigenvalue weighted by atomic mass is 10.1. The van der Waals surface area contributed by atoms with Crippen molar-refractivity contribution in [2.45, 2.75) is 20.8 Å². The first-order chi connectivity index (χ1) is 6.02. The Morgan fingerprint density at radius 1 is 1.38 bits per heavy atom. The van der Waals surface area contributed by atoms with Gasteiger partial charge in [0.1, 0.15) is 17.3 Å². The van der Waals surface area contributed by atoms with Crippen LogP contribution in [0.4, 0.5) is 0 Å². The van der Waals surface area contributed by atoms with E-state index in [0.717, 1.165) is 5.76 Å². The van der Waals surface area contributed by atoms with Gasteiger partial charge in [-0.3, -0.25) is 4.79 Å². The molecule has 0 fully saturated rings. The Hall–Kier alpha value is -1.51. The van der Waals surface area contributed by atoms with E-state index in [9.17, 15) is 9.90 Å². The van der Waals surface area contributed by atoms with Crippen molar-refractivity contribution in [3.8, 4) is 0 Å². The Labute approximate surface area is 76.7 Å². The number of aliphatic hydroxyl groups is 1. The van der Waals surface area contributed by atoms with Crippen molar-refractivity contribution < 1.29 is 14.3 Å². The highest BCUT2D eigenvalue weighted by atomic mass is 16.3. The second kappa shape index (κ2) is 3.47. The molecule has 0 aromatic carbocycles. The fourth-order valence-electron chi connectivity index (χ4n) is 1.18. The van der Waals surface area contributed by atoms with Crippen molar-refractivity contribution in [1.29, 1.82) is 0 Å². The second-order valence-corrected chi connectivity index (χ2v) is 2.93. The Morgan fingerprint density at radius 3 is 2.31 bits per heavy atom. The Balaban J connectivity index is 3.19. The summed E-state index contributed by atoms with van der Waals surface area (Å²) in [6.07, 6.45) is 0. The van der Waals surface area contributed by atoms with Gasteiger partial charge in [-0.2, -0.15) is 0 Å². The van der Waals surface area contributed by atoms with Crippen molar-refractivity contribution in [2.24, 2.45) is 0 Å². The highest BCUT2D eigenvalue weighted by molar-refractivity contribution is 6.19. The maximum atomic E-state index is 11.1. The summed E-state index contributed by atoms with van der Waals surface area (Å²) in [6.45, 7) is 4.65. The van der Waals surface area contributed by atoms with E-state index in [-0.39, 0.29) is 17.1 Å². The first kappa shape index (κ1) is 9.58. The number of Topliss-reactive ketones (excluding diaryl/α,β-unsaturated/α-hetero) is 1. The van der Waals surface area contributed by atoms with Crippen LogP contribution >= 0.6 is 0 Å². The fraction of sp³-hybridized carbons (Fsp3) is 0.300. The number of carbonyl (C=O) groups excluding carboxylic acids is 1. The molecular weight excluding hydrogens is 168 g/mol. The van der Waals surface area contributed by atoms with Crippen LogP contribution in [-0.2, 0) is 4.79 Å². The Bertz CT molecular complexity index is 354. The van der Waals surface area contributed by atoms with Gasteiger partial charge >= 0.3 is 0 Å². The van der Waals surface area contributed by atoms with Crippen LogP contribution in [0.3, 0.4) is 0 Å². The van der Waals surface area contributed by atoms with E-state index in [2.05, 4.69) is 0 Å². The van der Waals surface area contributed by atoms with Crippen molar-refractivity contribution in [1.82, 2.24) is 0 Å². The summed E-state index contributed by atoms with van der Waals surface area (Å²) in [4.78, 5) is 11.1. The molecule has 1 aromatic rings. The average molecular weight is 180 g/mol. The van der Waals surface area contributed by atoms with Crippen LogP contribution in [0.25, 0.3) is 5.57 Å². The maximum absolute atomic E-state index is 11.1. The number of aliphatic hydroxyl groups excluding tert-OH is 1. The normalized spacial score (nSPS) is 12.5. The van der Waals surface area contributed by atoms with Crippen LogP contribution < -0.4 is 0 Å². The summed E-state index contributed by atoms with van der Waals surface area (Å²) in [5.74, 6) is 0.927. The topological polar surface area (TPSA) is 50.4 Å². The van der Waals surface area contributed by atoms with Crippen molar-refractivity contribution in [3.05, 3.63) is 29.4 Å². The first-order valence-electron chi connectivity index (χ1n) is 4.00. The minimum absolute atomic E-state index is 0.0122. The summed E-state index contributed by atoms with van der Waals surface area (Å²) >= 11 is 0. The standard InChI is InChI=1S/C10H12O3/c1-6-4-5-9(13-6)10(7(2)11)8(3)12/h4-5,11H,1-3H3/b10-7+. The van der Waals surface area contributed by atoms with E-state index in [1.807, 2.05) is 0 Å². The predicted molar refractivity (Wildman–Crippen MR) is 49.3 cm³/mol. The molecule has 0 aliphatic carbocycles. The zero-order valence-corrected chi connectivity index (χ0v) is 7.92.